The predicted molar refractivity (Wildman–Crippen MR) is 68.3 cm³/mol. The molecule has 2 rings (SSSR count). The summed E-state index contributed by atoms with van der Waals surface area (Å²) in [6.07, 6.45) is 1.40. The van der Waals surface area contributed by atoms with Gasteiger partial charge in [0.2, 0.25) is 10.0 Å². The zero-order valence-corrected chi connectivity index (χ0v) is 10.7. The summed E-state index contributed by atoms with van der Waals surface area (Å²) in [5.74, 6) is -1.33. The number of carbonyl (C=O) groups is 1. The van der Waals surface area contributed by atoms with Crippen molar-refractivity contribution in [2.45, 2.75) is 11.4 Å². The van der Waals surface area contributed by atoms with Gasteiger partial charge in [0.1, 0.15) is 10.6 Å². The van der Waals surface area contributed by atoms with Crippen LogP contribution in [0.5, 0.6) is 0 Å². The number of nitrogens with zero attached hydrogens (tertiary/aromatic N) is 1. The summed E-state index contributed by atoms with van der Waals surface area (Å²) < 4.78 is 24.0. The van der Waals surface area contributed by atoms with E-state index in [1.54, 1.807) is 0 Å². The van der Waals surface area contributed by atoms with E-state index in [0.29, 0.717) is 0 Å². The molecule has 0 aliphatic carbocycles. The Labute approximate surface area is 110 Å². The second kappa shape index (κ2) is 4.87. The molecule has 3 N–H and O–H groups in total. The topological polar surface area (TPSA) is 102 Å². The molecule has 19 heavy (non-hydrogen) atoms. The number of sulfonamides is 1. The number of rotatable bonds is 4. The monoisotopic (exact) mass is 280 g/mol. The number of carboxylic acid groups (broad SMARTS) is 1. The van der Waals surface area contributed by atoms with Gasteiger partial charge in [0, 0.05) is 12.7 Å². The Morgan fingerprint density at radius 3 is 2.37 bits per heavy atom. The Morgan fingerprint density at radius 2 is 1.84 bits per heavy atom. The summed E-state index contributed by atoms with van der Waals surface area (Å²) in [5, 5.41) is 14.1. The molecule has 0 amide bonds. The fourth-order valence-corrected chi connectivity index (χ4v) is 2.55. The van der Waals surface area contributed by atoms with Crippen molar-refractivity contribution in [2.75, 3.05) is 0 Å². The van der Waals surface area contributed by atoms with Crippen LogP contribution >= 0.6 is 0 Å². The average molecular weight is 280 g/mol. The lowest BCUT2D eigenvalue weighted by molar-refractivity contribution is 0.0681. The molecular weight excluding hydrogens is 268 g/mol. The third kappa shape index (κ3) is 2.83. The highest BCUT2D eigenvalue weighted by molar-refractivity contribution is 7.89. The summed E-state index contributed by atoms with van der Waals surface area (Å²) in [7, 11) is -4.05. The molecule has 2 aromatic rings. The van der Waals surface area contributed by atoms with Gasteiger partial charge in [-0.15, -0.1) is 0 Å². The standard InChI is InChI=1S/C12H12N2O4S/c13-19(17,18)10-6-7-14(11(10)12(15)16)8-9-4-2-1-3-5-9/h1-7H,8H2,(H,15,16)(H2,13,17,18). The van der Waals surface area contributed by atoms with Gasteiger partial charge in [0.15, 0.2) is 0 Å². The van der Waals surface area contributed by atoms with Gasteiger partial charge in [-0.1, -0.05) is 30.3 Å². The Bertz CT molecular complexity index is 705. The molecule has 0 saturated carbocycles. The summed E-state index contributed by atoms with van der Waals surface area (Å²) in [5.41, 5.74) is 0.535. The van der Waals surface area contributed by atoms with Crippen LogP contribution in [0.25, 0.3) is 0 Å². The fraction of sp³-hybridized carbons (Fsp3) is 0.0833. The van der Waals surface area contributed by atoms with E-state index < -0.39 is 16.0 Å². The first-order valence-corrected chi connectivity index (χ1v) is 6.93. The maximum Gasteiger partial charge on any atom is 0.353 e. The van der Waals surface area contributed by atoms with Gasteiger partial charge in [-0.05, 0) is 11.6 Å². The summed E-state index contributed by atoms with van der Waals surface area (Å²) in [6.45, 7) is 0.262. The second-order valence-corrected chi connectivity index (χ2v) is 5.52. The Morgan fingerprint density at radius 1 is 1.21 bits per heavy atom. The molecule has 0 saturated heterocycles. The number of hydrogen-bond donors (Lipinski definition) is 2. The number of benzene rings is 1. The van der Waals surface area contributed by atoms with E-state index in [1.807, 2.05) is 30.3 Å². The second-order valence-electron chi connectivity index (χ2n) is 3.99. The molecular formula is C12H12N2O4S. The van der Waals surface area contributed by atoms with Crippen molar-refractivity contribution in [1.29, 1.82) is 0 Å². The molecule has 6 nitrogen and oxygen atoms in total. The highest BCUT2D eigenvalue weighted by Gasteiger charge is 2.23. The molecule has 0 bridgehead atoms. The van der Waals surface area contributed by atoms with Crippen molar-refractivity contribution in [2.24, 2.45) is 5.14 Å². The summed E-state index contributed by atoms with van der Waals surface area (Å²) >= 11 is 0. The van der Waals surface area contributed by atoms with E-state index in [-0.39, 0.29) is 17.1 Å². The fourth-order valence-electron chi connectivity index (χ4n) is 1.82. The van der Waals surface area contributed by atoms with Crippen molar-refractivity contribution in [3.8, 4) is 0 Å². The first-order chi connectivity index (χ1) is 8.89. The molecule has 1 aromatic carbocycles. The Balaban J connectivity index is 2.48. The normalized spacial score (nSPS) is 11.4. The van der Waals surface area contributed by atoms with Gasteiger partial charge < -0.3 is 9.67 Å². The third-order valence-corrected chi connectivity index (χ3v) is 3.57. The maximum absolute atomic E-state index is 11.3. The molecule has 100 valence electrons. The first kappa shape index (κ1) is 13.3. The first-order valence-electron chi connectivity index (χ1n) is 5.39. The van der Waals surface area contributed by atoms with Crippen molar-refractivity contribution < 1.29 is 18.3 Å². The number of carboxylic acids is 1. The minimum atomic E-state index is -4.05. The number of hydrogen-bond acceptors (Lipinski definition) is 3. The van der Waals surface area contributed by atoms with Gasteiger partial charge in [0.05, 0.1) is 0 Å². The molecule has 0 atom stereocenters. The van der Waals surface area contributed by atoms with Crippen LogP contribution in [-0.4, -0.2) is 24.1 Å². The van der Waals surface area contributed by atoms with Gasteiger partial charge in [-0.25, -0.2) is 18.4 Å². The van der Waals surface area contributed by atoms with Crippen molar-refractivity contribution in [3.63, 3.8) is 0 Å². The van der Waals surface area contributed by atoms with E-state index >= 15 is 0 Å². The van der Waals surface area contributed by atoms with E-state index in [0.717, 1.165) is 5.56 Å². The van der Waals surface area contributed by atoms with Crippen LogP contribution in [0.15, 0.2) is 47.5 Å². The SMILES string of the molecule is NS(=O)(=O)c1ccn(Cc2ccccc2)c1C(=O)O. The van der Waals surface area contributed by atoms with Gasteiger partial charge >= 0.3 is 5.97 Å². The molecule has 0 aliphatic rings. The van der Waals surface area contributed by atoms with Crippen LogP contribution in [0.3, 0.4) is 0 Å². The maximum atomic E-state index is 11.3. The van der Waals surface area contributed by atoms with Crippen LogP contribution in [0.2, 0.25) is 0 Å². The van der Waals surface area contributed by atoms with Crippen LogP contribution in [0.1, 0.15) is 16.1 Å². The summed E-state index contributed by atoms with van der Waals surface area (Å²) in [6, 6.07) is 10.3. The minimum Gasteiger partial charge on any atom is -0.477 e. The van der Waals surface area contributed by atoms with Crippen molar-refractivity contribution in [1.82, 2.24) is 4.57 Å². The van der Waals surface area contributed by atoms with Gasteiger partial charge in [0.25, 0.3) is 0 Å². The van der Waals surface area contributed by atoms with Gasteiger partial charge in [-0.2, -0.15) is 0 Å². The van der Waals surface area contributed by atoms with E-state index in [4.69, 9.17) is 10.2 Å². The van der Waals surface area contributed by atoms with Crippen molar-refractivity contribution >= 4 is 16.0 Å². The largest absolute Gasteiger partial charge is 0.477 e. The molecule has 0 unspecified atom stereocenters. The zero-order chi connectivity index (χ0) is 14.0. The quantitative estimate of drug-likeness (QED) is 0.867. The van der Waals surface area contributed by atoms with E-state index in [1.165, 1.54) is 16.8 Å². The molecule has 0 aliphatic heterocycles. The summed E-state index contributed by atoms with van der Waals surface area (Å²) in [4.78, 5) is 10.8. The predicted octanol–water partition coefficient (Wildman–Crippen LogP) is 0.882. The Kier molecular flexibility index (Phi) is 3.41. The number of aromatic nitrogens is 1. The number of nitrogens with two attached hydrogens (primary N) is 1. The lowest BCUT2D eigenvalue weighted by Crippen LogP contribution is -2.18. The zero-order valence-electron chi connectivity index (χ0n) is 9.85. The van der Waals surface area contributed by atoms with Crippen LogP contribution in [0, 0.1) is 0 Å². The van der Waals surface area contributed by atoms with E-state index in [2.05, 4.69) is 0 Å². The number of aromatic carboxylic acids is 1. The molecule has 0 spiro atoms. The molecule has 7 heteroatoms. The van der Waals surface area contributed by atoms with Gasteiger partial charge in [-0.3, -0.25) is 0 Å². The van der Waals surface area contributed by atoms with E-state index in [9.17, 15) is 13.2 Å². The highest BCUT2D eigenvalue weighted by Crippen LogP contribution is 2.17. The minimum absolute atomic E-state index is 0.262. The van der Waals surface area contributed by atoms with Crippen LogP contribution in [-0.2, 0) is 16.6 Å². The molecule has 1 aromatic heterocycles. The molecule has 0 fully saturated rings. The smallest absolute Gasteiger partial charge is 0.353 e. The molecule has 0 radical (unpaired) electrons. The highest BCUT2D eigenvalue weighted by atomic mass is 32.2. The number of primary sulfonamides is 1. The average Bonchev–Trinajstić information content (AvgIpc) is 2.74. The lowest BCUT2D eigenvalue weighted by Gasteiger charge is -2.07. The lowest BCUT2D eigenvalue weighted by atomic mass is 10.2. The van der Waals surface area contributed by atoms with Crippen molar-refractivity contribution in [3.05, 3.63) is 53.9 Å². The molecule has 1 heterocycles. The van der Waals surface area contributed by atoms with Crippen LogP contribution < -0.4 is 5.14 Å². The van der Waals surface area contributed by atoms with Crippen LogP contribution in [0.4, 0.5) is 0 Å². The third-order valence-electron chi connectivity index (χ3n) is 2.63. The Hall–Kier alpha value is -2.12.